The lowest BCUT2D eigenvalue weighted by Crippen LogP contribution is -2.45. The van der Waals surface area contributed by atoms with Gasteiger partial charge in [-0.2, -0.15) is 0 Å². The molecule has 1 amide bonds. The lowest BCUT2D eigenvalue weighted by molar-refractivity contribution is -0.123. The van der Waals surface area contributed by atoms with Crippen molar-refractivity contribution in [3.05, 3.63) is 0 Å². The van der Waals surface area contributed by atoms with Crippen LogP contribution in [0.4, 0.5) is 0 Å². The second-order valence-corrected chi connectivity index (χ2v) is 5.22. The van der Waals surface area contributed by atoms with Crippen molar-refractivity contribution in [1.29, 1.82) is 0 Å². The normalized spacial score (nSPS) is 20.9. The Hall–Kier alpha value is -0.610. The van der Waals surface area contributed by atoms with E-state index in [1.54, 1.807) is 0 Å². The van der Waals surface area contributed by atoms with E-state index in [4.69, 9.17) is 0 Å². The zero-order chi connectivity index (χ0) is 12.7. The molecule has 1 atom stereocenters. The molecule has 1 fully saturated rings. The van der Waals surface area contributed by atoms with Crippen molar-refractivity contribution < 1.29 is 9.90 Å². The largest absolute Gasteiger partial charge is 0.388 e. The van der Waals surface area contributed by atoms with Crippen molar-refractivity contribution in [3.63, 3.8) is 0 Å². The third-order valence-corrected chi connectivity index (χ3v) is 3.44. The van der Waals surface area contributed by atoms with Gasteiger partial charge in [0.2, 0.25) is 5.91 Å². The highest BCUT2D eigenvalue weighted by Gasteiger charge is 2.29. The maximum atomic E-state index is 11.7. The van der Waals surface area contributed by atoms with Crippen molar-refractivity contribution >= 4 is 5.91 Å². The summed E-state index contributed by atoms with van der Waals surface area (Å²) in [5, 5.41) is 16.3. The number of aliphatic hydroxyl groups is 1. The molecule has 4 nitrogen and oxygen atoms in total. The zero-order valence-corrected chi connectivity index (χ0v) is 11.1. The lowest BCUT2D eigenvalue weighted by Gasteiger charge is -2.32. The summed E-state index contributed by atoms with van der Waals surface area (Å²) in [5.41, 5.74) is -0.657. The van der Waals surface area contributed by atoms with Crippen molar-refractivity contribution in [2.75, 3.05) is 13.1 Å². The van der Waals surface area contributed by atoms with Gasteiger partial charge in [-0.15, -0.1) is 0 Å². The number of amides is 1. The summed E-state index contributed by atoms with van der Waals surface area (Å²) in [7, 11) is 0. The first kappa shape index (κ1) is 14.5. The molecule has 3 N–H and O–H groups in total. The van der Waals surface area contributed by atoms with Crippen LogP contribution < -0.4 is 10.6 Å². The van der Waals surface area contributed by atoms with Gasteiger partial charge in [0.25, 0.3) is 0 Å². The number of carbonyl (C=O) groups excluding carboxylic acids is 1. The number of hydrogen-bond acceptors (Lipinski definition) is 3. The average molecular weight is 242 g/mol. The minimum atomic E-state index is -0.657. The van der Waals surface area contributed by atoms with Crippen LogP contribution >= 0.6 is 0 Å². The number of hydrogen-bond donors (Lipinski definition) is 3. The lowest BCUT2D eigenvalue weighted by atomic mass is 9.85. The van der Waals surface area contributed by atoms with Crippen LogP contribution in [0.2, 0.25) is 0 Å². The molecule has 1 aliphatic rings. The van der Waals surface area contributed by atoms with Gasteiger partial charge in [0.15, 0.2) is 0 Å². The highest BCUT2D eigenvalue weighted by atomic mass is 16.3. The highest BCUT2D eigenvalue weighted by Crippen LogP contribution is 2.27. The van der Waals surface area contributed by atoms with E-state index in [0.29, 0.717) is 13.0 Å². The topological polar surface area (TPSA) is 61.4 Å². The molecule has 1 aliphatic carbocycles. The number of nitrogens with one attached hydrogen (secondary N) is 2. The van der Waals surface area contributed by atoms with Gasteiger partial charge in [-0.1, -0.05) is 26.2 Å². The monoisotopic (exact) mass is 242 g/mol. The van der Waals surface area contributed by atoms with Crippen molar-refractivity contribution in [2.45, 2.75) is 64.0 Å². The van der Waals surface area contributed by atoms with Gasteiger partial charge < -0.3 is 15.7 Å². The molecule has 1 unspecified atom stereocenters. The van der Waals surface area contributed by atoms with Gasteiger partial charge in [0, 0.05) is 19.0 Å². The zero-order valence-electron chi connectivity index (χ0n) is 11.1. The van der Waals surface area contributed by atoms with Crippen molar-refractivity contribution in [2.24, 2.45) is 0 Å². The van der Waals surface area contributed by atoms with Crippen LogP contribution in [0, 0.1) is 0 Å². The molecule has 1 rings (SSSR count). The molecular weight excluding hydrogens is 216 g/mol. The van der Waals surface area contributed by atoms with Crippen LogP contribution in [0.15, 0.2) is 0 Å². The summed E-state index contributed by atoms with van der Waals surface area (Å²) in [5.74, 6) is 0.0254. The first-order chi connectivity index (χ1) is 8.06. The van der Waals surface area contributed by atoms with E-state index in [0.717, 1.165) is 32.2 Å². The quantitative estimate of drug-likeness (QED) is 0.655. The molecule has 0 radical (unpaired) electrons. The summed E-state index contributed by atoms with van der Waals surface area (Å²) >= 11 is 0. The fourth-order valence-electron chi connectivity index (χ4n) is 2.42. The smallest absolute Gasteiger partial charge is 0.221 e. The summed E-state index contributed by atoms with van der Waals surface area (Å²) in [6.45, 7) is 5.31. The second-order valence-electron chi connectivity index (χ2n) is 5.22. The summed E-state index contributed by atoms with van der Waals surface area (Å²) in [4.78, 5) is 11.7. The fourth-order valence-corrected chi connectivity index (χ4v) is 2.42. The van der Waals surface area contributed by atoms with Gasteiger partial charge in [0.1, 0.15) is 0 Å². The van der Waals surface area contributed by atoms with E-state index < -0.39 is 5.60 Å². The van der Waals surface area contributed by atoms with E-state index in [2.05, 4.69) is 10.6 Å². The maximum Gasteiger partial charge on any atom is 0.221 e. The van der Waals surface area contributed by atoms with Gasteiger partial charge in [-0.3, -0.25) is 4.79 Å². The van der Waals surface area contributed by atoms with Crippen LogP contribution in [-0.2, 0) is 4.79 Å². The Balaban J connectivity index is 2.22. The molecule has 100 valence electrons. The van der Waals surface area contributed by atoms with Crippen LogP contribution in [0.25, 0.3) is 0 Å². The predicted molar refractivity (Wildman–Crippen MR) is 68.8 cm³/mol. The second kappa shape index (κ2) is 6.97. The van der Waals surface area contributed by atoms with Gasteiger partial charge >= 0.3 is 0 Å². The fraction of sp³-hybridized carbons (Fsp3) is 0.923. The summed E-state index contributed by atoms with van der Waals surface area (Å²) < 4.78 is 0. The van der Waals surface area contributed by atoms with Crippen LogP contribution in [-0.4, -0.2) is 35.7 Å². The molecule has 0 aromatic rings. The molecule has 0 aromatic heterocycles. The Morgan fingerprint density at radius 1 is 1.35 bits per heavy atom. The van der Waals surface area contributed by atoms with Crippen LogP contribution in [0.3, 0.4) is 0 Å². The number of carbonyl (C=O) groups is 1. The third kappa shape index (κ3) is 5.50. The minimum absolute atomic E-state index is 0.0254. The van der Waals surface area contributed by atoms with Crippen molar-refractivity contribution in [3.8, 4) is 0 Å². The minimum Gasteiger partial charge on any atom is -0.388 e. The molecule has 17 heavy (non-hydrogen) atoms. The Bertz CT molecular complexity index is 238. The predicted octanol–water partition coefficient (Wildman–Crippen LogP) is 1.19. The molecule has 0 aromatic carbocycles. The van der Waals surface area contributed by atoms with E-state index in [9.17, 15) is 9.90 Å². The molecule has 0 aliphatic heterocycles. The van der Waals surface area contributed by atoms with Gasteiger partial charge in [-0.25, -0.2) is 0 Å². The third-order valence-electron chi connectivity index (χ3n) is 3.44. The van der Waals surface area contributed by atoms with Crippen LogP contribution in [0.5, 0.6) is 0 Å². The molecule has 0 spiro atoms. The van der Waals surface area contributed by atoms with E-state index in [1.165, 1.54) is 6.42 Å². The highest BCUT2D eigenvalue weighted by molar-refractivity contribution is 5.76. The van der Waals surface area contributed by atoms with Gasteiger partial charge in [-0.05, 0) is 26.3 Å². The standard InChI is InChI=1S/C13H26N2O2/c1-3-14-11(2)9-12(16)15-10-13(17)7-5-4-6-8-13/h11,14,17H,3-10H2,1-2H3,(H,15,16). The Morgan fingerprint density at radius 2 is 2.00 bits per heavy atom. The summed E-state index contributed by atoms with van der Waals surface area (Å²) in [6.07, 6.45) is 5.45. The molecular formula is C13H26N2O2. The molecule has 1 saturated carbocycles. The van der Waals surface area contributed by atoms with E-state index >= 15 is 0 Å². The average Bonchev–Trinajstić information content (AvgIpc) is 2.28. The Kier molecular flexibility index (Phi) is 5.92. The molecule has 0 heterocycles. The molecule has 0 bridgehead atoms. The summed E-state index contributed by atoms with van der Waals surface area (Å²) in [6, 6.07) is 0.195. The first-order valence-electron chi connectivity index (χ1n) is 6.78. The maximum absolute atomic E-state index is 11.7. The van der Waals surface area contributed by atoms with Crippen molar-refractivity contribution in [1.82, 2.24) is 10.6 Å². The van der Waals surface area contributed by atoms with Crippen LogP contribution in [0.1, 0.15) is 52.4 Å². The molecule has 0 saturated heterocycles. The van der Waals surface area contributed by atoms with E-state index in [1.807, 2.05) is 13.8 Å². The van der Waals surface area contributed by atoms with Gasteiger partial charge in [0.05, 0.1) is 5.60 Å². The Morgan fingerprint density at radius 3 is 2.59 bits per heavy atom. The molecule has 4 heteroatoms. The SMILES string of the molecule is CCNC(C)CC(=O)NCC1(O)CCCCC1. The van der Waals surface area contributed by atoms with E-state index in [-0.39, 0.29) is 11.9 Å². The number of rotatable bonds is 6. The first-order valence-corrected chi connectivity index (χ1v) is 6.78. The Labute approximate surface area is 104 Å².